The molecule has 0 saturated carbocycles. The number of benzene rings is 2. The molecule has 0 amide bonds. The summed E-state index contributed by atoms with van der Waals surface area (Å²) in [7, 11) is -1.77. The van der Waals surface area contributed by atoms with Gasteiger partial charge in [-0.25, -0.2) is 0 Å². The summed E-state index contributed by atoms with van der Waals surface area (Å²) in [6, 6.07) is 12.1. The van der Waals surface area contributed by atoms with Gasteiger partial charge in [0.1, 0.15) is 19.6 Å². The van der Waals surface area contributed by atoms with E-state index in [4.69, 9.17) is 16.3 Å². The molecule has 0 saturated heterocycles. The predicted molar refractivity (Wildman–Crippen MR) is 120 cm³/mol. The molecule has 27 heavy (non-hydrogen) atoms. The maximum atomic E-state index is 10.9. The van der Waals surface area contributed by atoms with Crippen molar-refractivity contribution >= 4 is 24.9 Å². The van der Waals surface area contributed by atoms with Gasteiger partial charge in [0.2, 0.25) is 0 Å². The van der Waals surface area contributed by atoms with Gasteiger partial charge in [0, 0.05) is 16.1 Å². The van der Waals surface area contributed by atoms with Gasteiger partial charge in [-0.2, -0.15) is 0 Å². The Hall–Kier alpha value is -1.45. The van der Waals surface area contributed by atoms with E-state index in [0.29, 0.717) is 12.0 Å². The zero-order chi connectivity index (χ0) is 20.6. The molecule has 0 heterocycles. The Labute approximate surface area is 170 Å². The number of hydrogen-bond acceptors (Lipinski definition) is 2. The Kier molecular flexibility index (Phi) is 6.08. The van der Waals surface area contributed by atoms with E-state index in [9.17, 15) is 5.11 Å². The lowest BCUT2D eigenvalue weighted by atomic mass is 9.79. The van der Waals surface area contributed by atoms with Crippen molar-refractivity contribution in [1.82, 2.24) is 0 Å². The third kappa shape index (κ3) is 5.29. The van der Waals surface area contributed by atoms with Crippen LogP contribution in [0.4, 0.5) is 0 Å². The molecule has 2 aromatic carbocycles. The van der Waals surface area contributed by atoms with Crippen molar-refractivity contribution in [2.75, 3.05) is 6.23 Å². The van der Waals surface area contributed by atoms with Gasteiger partial charge in [-0.15, -0.1) is 0 Å². The molecule has 2 nitrogen and oxygen atoms in total. The van der Waals surface area contributed by atoms with Crippen LogP contribution in [0.5, 0.6) is 11.5 Å². The Morgan fingerprint density at radius 2 is 1.33 bits per heavy atom. The Balaban J connectivity index is 2.37. The molecule has 0 fully saturated rings. The summed E-state index contributed by atoms with van der Waals surface area (Å²) in [6.07, 6.45) is 0.673. The Morgan fingerprint density at radius 1 is 0.889 bits per heavy atom. The highest BCUT2D eigenvalue weighted by atomic mass is 35.5. The Bertz CT molecular complexity index is 762. The Morgan fingerprint density at radius 3 is 1.74 bits per heavy atom. The lowest BCUT2D eigenvalue weighted by Gasteiger charge is -2.29. The van der Waals surface area contributed by atoms with E-state index in [-0.39, 0.29) is 10.8 Å². The van der Waals surface area contributed by atoms with Crippen molar-refractivity contribution in [3.8, 4) is 11.5 Å². The first-order chi connectivity index (χ1) is 12.2. The molecule has 2 aromatic rings. The molecular weight excluding hydrogens is 372 g/mol. The van der Waals surface area contributed by atoms with Crippen LogP contribution in [0.15, 0.2) is 36.4 Å². The number of phenolic OH excluding ortho intramolecular Hbond substituents is 1. The molecule has 0 bridgehead atoms. The average Bonchev–Trinajstić information content (AvgIpc) is 2.52. The fourth-order valence-corrected chi connectivity index (χ4v) is 4.97. The molecule has 0 aliphatic rings. The standard InChI is InChI=1S/C23H33ClO2Si/c1-22(2,3)19-13-17(14-20(21(19)25)23(4,5)6)26-15-27(7,8)18-11-9-16(24)10-12-18/h9-14,25H,15H2,1-8H3. The van der Waals surface area contributed by atoms with Gasteiger partial charge in [0.05, 0.1) is 6.23 Å². The van der Waals surface area contributed by atoms with Crippen LogP contribution in [0.25, 0.3) is 0 Å². The van der Waals surface area contributed by atoms with Crippen LogP contribution >= 0.6 is 11.6 Å². The van der Waals surface area contributed by atoms with Gasteiger partial charge < -0.3 is 9.84 Å². The van der Waals surface area contributed by atoms with E-state index in [1.807, 2.05) is 24.3 Å². The van der Waals surface area contributed by atoms with E-state index in [1.165, 1.54) is 5.19 Å². The third-order valence-corrected chi connectivity index (χ3v) is 7.94. The van der Waals surface area contributed by atoms with Gasteiger partial charge in [0.25, 0.3) is 0 Å². The van der Waals surface area contributed by atoms with Crippen LogP contribution in [0.3, 0.4) is 0 Å². The van der Waals surface area contributed by atoms with E-state index < -0.39 is 8.07 Å². The molecule has 0 radical (unpaired) electrons. The summed E-state index contributed by atoms with van der Waals surface area (Å²) in [4.78, 5) is 0. The molecule has 4 heteroatoms. The fourth-order valence-electron chi connectivity index (χ4n) is 3.08. The lowest BCUT2D eigenvalue weighted by molar-refractivity contribution is 0.369. The van der Waals surface area contributed by atoms with Crippen LogP contribution in [0.2, 0.25) is 18.1 Å². The van der Waals surface area contributed by atoms with E-state index in [1.54, 1.807) is 0 Å². The molecule has 0 spiro atoms. The van der Waals surface area contributed by atoms with Gasteiger partial charge in [-0.1, -0.05) is 83.6 Å². The van der Waals surface area contributed by atoms with Crippen molar-refractivity contribution in [2.24, 2.45) is 0 Å². The van der Waals surface area contributed by atoms with E-state index in [0.717, 1.165) is 21.9 Å². The minimum atomic E-state index is -1.77. The summed E-state index contributed by atoms with van der Waals surface area (Å²) < 4.78 is 6.30. The minimum absolute atomic E-state index is 0.160. The highest BCUT2D eigenvalue weighted by Gasteiger charge is 2.29. The summed E-state index contributed by atoms with van der Waals surface area (Å²) in [6.45, 7) is 17.3. The van der Waals surface area contributed by atoms with E-state index >= 15 is 0 Å². The zero-order valence-electron chi connectivity index (χ0n) is 17.9. The smallest absolute Gasteiger partial charge is 0.124 e. The van der Waals surface area contributed by atoms with Gasteiger partial charge in [-0.3, -0.25) is 0 Å². The summed E-state index contributed by atoms with van der Waals surface area (Å²) >= 11 is 6.03. The second-order valence-electron chi connectivity index (χ2n) is 10.0. The third-order valence-electron chi connectivity index (χ3n) is 4.92. The maximum Gasteiger partial charge on any atom is 0.124 e. The molecule has 0 aliphatic carbocycles. The average molecular weight is 405 g/mol. The van der Waals surface area contributed by atoms with Gasteiger partial charge >= 0.3 is 0 Å². The first-order valence-corrected chi connectivity index (χ1v) is 13.1. The van der Waals surface area contributed by atoms with Crippen molar-refractivity contribution in [1.29, 1.82) is 0 Å². The van der Waals surface area contributed by atoms with Crippen molar-refractivity contribution in [3.63, 3.8) is 0 Å². The predicted octanol–water partition coefficient (Wildman–Crippen LogP) is 6.17. The summed E-state index contributed by atoms with van der Waals surface area (Å²) in [5.41, 5.74) is 1.53. The van der Waals surface area contributed by atoms with Crippen LogP contribution in [0, 0.1) is 0 Å². The summed E-state index contributed by atoms with van der Waals surface area (Å²) in [5.74, 6) is 1.22. The van der Waals surface area contributed by atoms with Crippen LogP contribution in [-0.2, 0) is 10.8 Å². The monoisotopic (exact) mass is 404 g/mol. The molecular formula is C23H33ClO2Si. The fraction of sp³-hybridized carbons (Fsp3) is 0.478. The first-order valence-electron chi connectivity index (χ1n) is 9.49. The van der Waals surface area contributed by atoms with Crippen LogP contribution in [0.1, 0.15) is 52.7 Å². The molecule has 2 rings (SSSR count). The topological polar surface area (TPSA) is 29.5 Å². The SMILES string of the molecule is CC(C)(C)c1cc(OC[Si](C)(C)c2ccc(Cl)cc2)cc(C(C)(C)C)c1O. The molecule has 0 aliphatic heterocycles. The zero-order valence-corrected chi connectivity index (χ0v) is 19.7. The number of rotatable bonds is 4. The number of hydrogen-bond donors (Lipinski definition) is 1. The second kappa shape index (κ2) is 7.52. The van der Waals surface area contributed by atoms with Crippen molar-refractivity contribution in [2.45, 2.75) is 65.5 Å². The highest BCUT2D eigenvalue weighted by Crippen LogP contribution is 2.41. The molecule has 1 N–H and O–H groups in total. The van der Waals surface area contributed by atoms with Gasteiger partial charge in [0.15, 0.2) is 0 Å². The van der Waals surface area contributed by atoms with Crippen LogP contribution < -0.4 is 9.92 Å². The van der Waals surface area contributed by atoms with Crippen molar-refractivity contribution in [3.05, 3.63) is 52.5 Å². The van der Waals surface area contributed by atoms with Crippen LogP contribution in [-0.4, -0.2) is 19.4 Å². The molecule has 0 atom stereocenters. The normalized spacial score (nSPS) is 12.9. The van der Waals surface area contributed by atoms with E-state index in [2.05, 4.69) is 66.8 Å². The molecule has 148 valence electrons. The largest absolute Gasteiger partial charge is 0.507 e. The quantitative estimate of drug-likeness (QED) is 0.617. The second-order valence-corrected chi connectivity index (χ2v) is 15.1. The highest BCUT2D eigenvalue weighted by molar-refractivity contribution is 6.89. The lowest BCUT2D eigenvalue weighted by Crippen LogP contribution is -2.47. The van der Waals surface area contributed by atoms with Crippen molar-refractivity contribution < 1.29 is 9.84 Å². The number of ether oxygens (including phenoxy) is 1. The summed E-state index contributed by atoms with van der Waals surface area (Å²) in [5, 5.41) is 12.9. The number of halogens is 1. The molecule has 0 unspecified atom stereocenters. The first kappa shape index (κ1) is 21.8. The molecule has 0 aromatic heterocycles. The minimum Gasteiger partial charge on any atom is -0.507 e. The number of phenols is 1. The maximum absolute atomic E-state index is 10.9. The van der Waals surface area contributed by atoms with Gasteiger partial charge in [-0.05, 0) is 35.1 Å². The number of aromatic hydroxyl groups is 1.